The molecule has 1 aliphatic heterocycles. The Kier molecular flexibility index (Phi) is 5.91. The summed E-state index contributed by atoms with van der Waals surface area (Å²) in [5.74, 6) is -0.296. The van der Waals surface area contributed by atoms with Crippen molar-refractivity contribution in [2.45, 2.75) is 32.7 Å². The number of aromatic carboxylic acids is 1. The second-order valence-electron chi connectivity index (χ2n) is 7.45. The minimum atomic E-state index is -0.961. The van der Waals surface area contributed by atoms with Crippen molar-refractivity contribution in [3.63, 3.8) is 0 Å². The molecule has 3 aromatic rings. The van der Waals surface area contributed by atoms with Crippen LogP contribution in [0.1, 0.15) is 52.8 Å². The Hall–Kier alpha value is -3.38. The van der Waals surface area contributed by atoms with Gasteiger partial charge in [0.05, 0.1) is 16.8 Å². The van der Waals surface area contributed by atoms with Gasteiger partial charge in [-0.2, -0.15) is 0 Å². The summed E-state index contributed by atoms with van der Waals surface area (Å²) in [4.78, 5) is 28.3. The number of amides is 1. The topological polar surface area (TPSA) is 84.2 Å². The molecule has 31 heavy (non-hydrogen) atoms. The third kappa shape index (κ3) is 4.25. The van der Waals surface area contributed by atoms with E-state index in [0.29, 0.717) is 23.0 Å². The number of rotatable bonds is 7. The number of imidazole rings is 1. The highest BCUT2D eigenvalue weighted by Gasteiger charge is 2.25. The highest BCUT2D eigenvalue weighted by Crippen LogP contribution is 2.34. The van der Waals surface area contributed by atoms with E-state index in [0.717, 1.165) is 41.9 Å². The number of hydrogen-bond acceptors (Lipinski definition) is 3. The number of carboxylic acid groups (broad SMARTS) is 1. The van der Waals surface area contributed by atoms with Gasteiger partial charge in [-0.15, -0.1) is 0 Å². The van der Waals surface area contributed by atoms with Crippen molar-refractivity contribution in [1.82, 2.24) is 9.55 Å². The lowest BCUT2D eigenvalue weighted by Gasteiger charge is -2.11. The summed E-state index contributed by atoms with van der Waals surface area (Å²) in [5.41, 5.74) is 3.97. The zero-order valence-electron chi connectivity index (χ0n) is 17.1. The molecule has 0 fully saturated rings. The van der Waals surface area contributed by atoms with Gasteiger partial charge in [-0.05, 0) is 36.3 Å². The second-order valence-corrected chi connectivity index (χ2v) is 7.81. The van der Waals surface area contributed by atoms with Crippen LogP contribution in [0.15, 0.2) is 48.5 Å². The van der Waals surface area contributed by atoms with Gasteiger partial charge < -0.3 is 15.0 Å². The first-order chi connectivity index (χ1) is 15.0. The molecule has 0 saturated heterocycles. The van der Waals surface area contributed by atoms with E-state index in [1.807, 2.05) is 28.8 Å². The maximum Gasteiger partial charge on any atom is 0.335 e. The molecule has 0 atom stereocenters. The molecule has 158 valence electrons. The minimum Gasteiger partial charge on any atom is -0.478 e. The number of halogens is 1. The average molecular weight is 436 g/mol. The van der Waals surface area contributed by atoms with Crippen molar-refractivity contribution in [3.05, 3.63) is 81.9 Å². The van der Waals surface area contributed by atoms with E-state index in [-0.39, 0.29) is 11.5 Å². The largest absolute Gasteiger partial charge is 0.478 e. The number of unbranched alkanes of at least 4 members (excludes halogenated alkanes) is 1. The molecule has 0 spiro atoms. The van der Waals surface area contributed by atoms with Gasteiger partial charge in [-0.25, -0.2) is 9.78 Å². The summed E-state index contributed by atoms with van der Waals surface area (Å²) >= 11 is 6.53. The summed E-state index contributed by atoms with van der Waals surface area (Å²) in [6, 6.07) is 14.3. The standard InChI is InChI=1S/C24H22ClN3O3/c1-2-3-8-21-27-22(25)20(13-18-17-6-4-5-7-19(17)26-23(18)29)28(21)14-15-9-11-16(12-10-15)24(30)31/h4-7,9-13H,2-3,8,14H2,1H3,(H,26,29)(H,30,31)/b18-13+. The Morgan fingerprint density at radius 1 is 1.19 bits per heavy atom. The van der Waals surface area contributed by atoms with E-state index >= 15 is 0 Å². The molecule has 0 unspecified atom stereocenters. The van der Waals surface area contributed by atoms with Crippen LogP contribution in [0.2, 0.25) is 5.15 Å². The lowest BCUT2D eigenvalue weighted by atomic mass is 10.1. The van der Waals surface area contributed by atoms with E-state index in [4.69, 9.17) is 16.7 Å². The minimum absolute atomic E-state index is 0.175. The first kappa shape index (κ1) is 20.9. The molecule has 0 bridgehead atoms. The monoisotopic (exact) mass is 435 g/mol. The molecule has 4 rings (SSSR count). The van der Waals surface area contributed by atoms with E-state index in [2.05, 4.69) is 17.2 Å². The molecule has 0 radical (unpaired) electrons. The van der Waals surface area contributed by atoms with Crippen molar-refractivity contribution in [2.24, 2.45) is 0 Å². The molecule has 7 heteroatoms. The first-order valence-electron chi connectivity index (χ1n) is 10.2. The molecule has 2 N–H and O–H groups in total. The molecular weight excluding hydrogens is 414 g/mol. The number of nitrogens with zero attached hydrogens (tertiary/aromatic N) is 2. The quantitative estimate of drug-likeness (QED) is 0.504. The number of benzene rings is 2. The number of para-hydroxylation sites is 1. The van der Waals surface area contributed by atoms with Crippen LogP contribution in [-0.2, 0) is 17.8 Å². The predicted octanol–water partition coefficient (Wildman–Crippen LogP) is 5.12. The number of nitrogens with one attached hydrogen (secondary N) is 1. The van der Waals surface area contributed by atoms with Crippen molar-refractivity contribution in [2.75, 3.05) is 5.32 Å². The Balaban J connectivity index is 1.77. The van der Waals surface area contributed by atoms with Crippen LogP contribution in [0.25, 0.3) is 11.6 Å². The Morgan fingerprint density at radius 3 is 2.65 bits per heavy atom. The van der Waals surface area contributed by atoms with E-state index in [9.17, 15) is 9.59 Å². The third-order valence-corrected chi connectivity index (χ3v) is 5.61. The molecule has 2 heterocycles. The number of hydrogen-bond donors (Lipinski definition) is 2. The van der Waals surface area contributed by atoms with Crippen molar-refractivity contribution in [3.8, 4) is 0 Å². The van der Waals surface area contributed by atoms with Crippen LogP contribution in [-0.4, -0.2) is 26.5 Å². The van der Waals surface area contributed by atoms with E-state index < -0.39 is 5.97 Å². The smallest absolute Gasteiger partial charge is 0.335 e. The fourth-order valence-electron chi connectivity index (χ4n) is 3.68. The molecular formula is C24H22ClN3O3. The number of aryl methyl sites for hydroxylation is 1. The molecule has 1 aromatic heterocycles. The van der Waals surface area contributed by atoms with Crippen LogP contribution in [0.4, 0.5) is 5.69 Å². The lowest BCUT2D eigenvalue weighted by molar-refractivity contribution is -0.110. The van der Waals surface area contributed by atoms with Crippen molar-refractivity contribution < 1.29 is 14.7 Å². The summed E-state index contributed by atoms with van der Waals surface area (Å²) in [6.45, 7) is 2.59. The van der Waals surface area contributed by atoms with Gasteiger partial charge >= 0.3 is 5.97 Å². The highest BCUT2D eigenvalue weighted by atomic mass is 35.5. The number of aromatic nitrogens is 2. The Bertz CT molecular complexity index is 1180. The average Bonchev–Trinajstić information content (AvgIpc) is 3.23. The first-order valence-corrected chi connectivity index (χ1v) is 10.5. The van der Waals surface area contributed by atoms with Gasteiger partial charge in [0, 0.05) is 24.2 Å². The van der Waals surface area contributed by atoms with E-state index in [1.165, 1.54) is 0 Å². The molecule has 1 amide bonds. The number of fused-ring (bicyclic) bond motifs is 1. The maximum absolute atomic E-state index is 12.6. The van der Waals surface area contributed by atoms with Crippen LogP contribution in [0.5, 0.6) is 0 Å². The summed E-state index contributed by atoms with van der Waals surface area (Å²) in [7, 11) is 0. The van der Waals surface area contributed by atoms with Crippen LogP contribution >= 0.6 is 11.6 Å². The van der Waals surface area contributed by atoms with Crippen molar-refractivity contribution in [1.29, 1.82) is 0 Å². The van der Waals surface area contributed by atoms with Crippen LogP contribution in [0.3, 0.4) is 0 Å². The number of carbonyl (C=O) groups excluding carboxylic acids is 1. The molecule has 1 aliphatic rings. The number of carbonyl (C=O) groups is 2. The fraction of sp³-hybridized carbons (Fsp3) is 0.208. The van der Waals surface area contributed by atoms with Crippen LogP contribution < -0.4 is 5.32 Å². The van der Waals surface area contributed by atoms with Crippen molar-refractivity contribution >= 4 is 40.8 Å². The van der Waals surface area contributed by atoms with Gasteiger partial charge in [0.15, 0.2) is 5.15 Å². The molecule has 0 aliphatic carbocycles. The summed E-state index contributed by atoms with van der Waals surface area (Å²) in [5, 5.41) is 12.4. The van der Waals surface area contributed by atoms with Gasteiger partial charge in [-0.3, -0.25) is 4.79 Å². The molecule has 6 nitrogen and oxygen atoms in total. The van der Waals surface area contributed by atoms with Gasteiger partial charge in [-0.1, -0.05) is 55.3 Å². The Morgan fingerprint density at radius 2 is 1.94 bits per heavy atom. The highest BCUT2D eigenvalue weighted by molar-refractivity contribution is 6.36. The third-order valence-electron chi connectivity index (χ3n) is 5.33. The van der Waals surface area contributed by atoms with Crippen LogP contribution in [0, 0.1) is 0 Å². The fourth-order valence-corrected chi connectivity index (χ4v) is 3.93. The zero-order chi connectivity index (χ0) is 22.0. The summed E-state index contributed by atoms with van der Waals surface area (Å²) in [6.07, 6.45) is 4.53. The van der Waals surface area contributed by atoms with E-state index in [1.54, 1.807) is 30.3 Å². The number of anilines is 1. The zero-order valence-corrected chi connectivity index (χ0v) is 17.8. The second kappa shape index (κ2) is 8.78. The maximum atomic E-state index is 12.6. The van der Waals surface area contributed by atoms with Gasteiger partial charge in [0.1, 0.15) is 5.82 Å². The normalized spacial score (nSPS) is 14.0. The predicted molar refractivity (Wildman–Crippen MR) is 121 cm³/mol. The SMILES string of the molecule is CCCCc1nc(Cl)c(/C=C2/C(=O)Nc3ccccc32)n1Cc1ccc(C(=O)O)cc1. The molecule has 0 saturated carbocycles. The molecule has 2 aromatic carbocycles. The number of carboxylic acids is 1. The Labute approximate surface area is 185 Å². The lowest BCUT2D eigenvalue weighted by Crippen LogP contribution is -2.09. The summed E-state index contributed by atoms with van der Waals surface area (Å²) < 4.78 is 2.01. The van der Waals surface area contributed by atoms with Gasteiger partial charge in [0.2, 0.25) is 0 Å². The van der Waals surface area contributed by atoms with Gasteiger partial charge in [0.25, 0.3) is 5.91 Å².